The van der Waals surface area contributed by atoms with E-state index in [1.165, 1.54) is 43.8 Å². The molecule has 0 N–H and O–H groups in total. The maximum Gasteiger partial charge on any atom is 0.0785 e. The quantitative estimate of drug-likeness (QED) is 0.722. The highest BCUT2D eigenvalue weighted by molar-refractivity contribution is 7.80. The van der Waals surface area contributed by atoms with Gasteiger partial charge in [-0.1, -0.05) is 12.2 Å². The lowest BCUT2D eigenvalue weighted by Gasteiger charge is -2.57. The first-order valence-electron chi connectivity index (χ1n) is 8.58. The number of nitrogens with zero attached hydrogens (tertiary/aromatic N) is 2. The SMILES string of the molecule is CN1CCN(C(=S)CC23CC4CC(CC(C4)C2)C3)CC1. The minimum Gasteiger partial charge on any atom is -0.364 e. The summed E-state index contributed by atoms with van der Waals surface area (Å²) in [6, 6.07) is 0. The van der Waals surface area contributed by atoms with E-state index >= 15 is 0 Å². The molecule has 2 nitrogen and oxygen atoms in total. The highest BCUT2D eigenvalue weighted by Crippen LogP contribution is 2.61. The van der Waals surface area contributed by atoms with Gasteiger partial charge in [0.2, 0.25) is 0 Å². The summed E-state index contributed by atoms with van der Waals surface area (Å²) in [6.45, 7) is 4.67. The predicted octanol–water partition coefficient (Wildman–Crippen LogP) is 3.17. The molecule has 0 aromatic heterocycles. The summed E-state index contributed by atoms with van der Waals surface area (Å²) >= 11 is 5.86. The van der Waals surface area contributed by atoms with Gasteiger partial charge in [0.15, 0.2) is 0 Å². The molecule has 20 heavy (non-hydrogen) atoms. The number of rotatable bonds is 2. The van der Waals surface area contributed by atoms with E-state index in [2.05, 4.69) is 16.8 Å². The van der Waals surface area contributed by atoms with Gasteiger partial charge in [-0.2, -0.15) is 0 Å². The molecule has 0 aromatic carbocycles. The Kier molecular flexibility index (Phi) is 3.34. The lowest BCUT2D eigenvalue weighted by molar-refractivity contribution is -0.0492. The Morgan fingerprint density at radius 3 is 1.95 bits per heavy atom. The Labute approximate surface area is 128 Å². The summed E-state index contributed by atoms with van der Waals surface area (Å²) in [7, 11) is 2.22. The molecule has 1 saturated heterocycles. The topological polar surface area (TPSA) is 6.48 Å². The third kappa shape index (κ3) is 2.41. The van der Waals surface area contributed by atoms with Crippen LogP contribution in [0.25, 0.3) is 0 Å². The first kappa shape index (κ1) is 13.5. The van der Waals surface area contributed by atoms with Crippen LogP contribution in [0.5, 0.6) is 0 Å². The van der Waals surface area contributed by atoms with Gasteiger partial charge in [-0.15, -0.1) is 0 Å². The van der Waals surface area contributed by atoms with Crippen molar-refractivity contribution in [1.82, 2.24) is 9.80 Å². The Bertz CT molecular complexity index is 363. The number of thiocarbonyl (C=S) groups is 1. The first-order valence-corrected chi connectivity index (χ1v) is 8.99. The molecule has 0 amide bonds. The van der Waals surface area contributed by atoms with Crippen molar-refractivity contribution in [2.75, 3.05) is 33.2 Å². The Hall–Kier alpha value is -0.150. The van der Waals surface area contributed by atoms with Gasteiger partial charge in [0, 0.05) is 32.6 Å². The summed E-state index contributed by atoms with van der Waals surface area (Å²) in [5, 5.41) is 0. The second kappa shape index (κ2) is 4.95. The fourth-order valence-corrected chi connectivity index (χ4v) is 6.48. The van der Waals surface area contributed by atoms with Crippen LogP contribution in [0.2, 0.25) is 0 Å². The monoisotopic (exact) mass is 292 g/mol. The molecule has 3 heteroatoms. The summed E-state index contributed by atoms with van der Waals surface area (Å²) in [4.78, 5) is 6.22. The Morgan fingerprint density at radius 2 is 1.45 bits per heavy atom. The molecule has 0 spiro atoms. The number of hydrogen-bond acceptors (Lipinski definition) is 2. The van der Waals surface area contributed by atoms with Crippen LogP contribution >= 0.6 is 12.2 Å². The molecule has 1 heterocycles. The fraction of sp³-hybridized carbons (Fsp3) is 0.941. The molecule has 0 unspecified atom stereocenters. The van der Waals surface area contributed by atoms with E-state index in [9.17, 15) is 0 Å². The van der Waals surface area contributed by atoms with Crippen molar-refractivity contribution >= 4 is 17.2 Å². The predicted molar refractivity (Wildman–Crippen MR) is 86.9 cm³/mol. The highest BCUT2D eigenvalue weighted by Gasteiger charge is 2.51. The van der Waals surface area contributed by atoms with Crippen molar-refractivity contribution in [2.45, 2.75) is 44.9 Å². The molecule has 5 aliphatic rings. The molecular weight excluding hydrogens is 264 g/mol. The van der Waals surface area contributed by atoms with Gasteiger partial charge < -0.3 is 9.80 Å². The molecule has 112 valence electrons. The third-order valence-corrected chi connectivity index (χ3v) is 6.95. The van der Waals surface area contributed by atoms with Crippen molar-refractivity contribution in [1.29, 1.82) is 0 Å². The second-order valence-corrected chi connectivity index (χ2v) is 8.75. The third-order valence-electron chi connectivity index (χ3n) is 6.55. The maximum absolute atomic E-state index is 5.86. The van der Waals surface area contributed by atoms with Crippen LogP contribution in [-0.2, 0) is 0 Å². The van der Waals surface area contributed by atoms with E-state index in [4.69, 9.17) is 12.2 Å². The van der Waals surface area contributed by atoms with Crippen LogP contribution in [0.15, 0.2) is 0 Å². The van der Waals surface area contributed by atoms with Gasteiger partial charge in [-0.3, -0.25) is 0 Å². The van der Waals surface area contributed by atoms with Crippen LogP contribution in [-0.4, -0.2) is 48.0 Å². The Balaban J connectivity index is 1.42. The molecule has 0 atom stereocenters. The van der Waals surface area contributed by atoms with Crippen LogP contribution in [0.1, 0.15) is 44.9 Å². The van der Waals surface area contributed by atoms with E-state index in [-0.39, 0.29) is 0 Å². The van der Waals surface area contributed by atoms with Gasteiger partial charge in [-0.05, 0) is 68.7 Å². The van der Waals surface area contributed by atoms with Gasteiger partial charge in [0.25, 0.3) is 0 Å². The maximum atomic E-state index is 5.86. The summed E-state index contributed by atoms with van der Waals surface area (Å²) in [6.07, 6.45) is 10.3. The van der Waals surface area contributed by atoms with Crippen molar-refractivity contribution in [2.24, 2.45) is 23.2 Å². The van der Waals surface area contributed by atoms with E-state index < -0.39 is 0 Å². The number of hydrogen-bond donors (Lipinski definition) is 0. The molecule has 0 aromatic rings. The van der Waals surface area contributed by atoms with E-state index in [1.807, 2.05) is 0 Å². The van der Waals surface area contributed by atoms with E-state index in [0.717, 1.165) is 30.8 Å². The van der Waals surface area contributed by atoms with E-state index in [0.29, 0.717) is 5.41 Å². The molecule has 5 rings (SSSR count). The summed E-state index contributed by atoms with van der Waals surface area (Å²) in [5.41, 5.74) is 0.620. The smallest absolute Gasteiger partial charge is 0.0785 e. The van der Waals surface area contributed by atoms with Gasteiger partial charge >= 0.3 is 0 Å². The zero-order valence-corrected chi connectivity index (χ0v) is 13.6. The van der Waals surface area contributed by atoms with Crippen molar-refractivity contribution in [3.05, 3.63) is 0 Å². The summed E-state index contributed by atoms with van der Waals surface area (Å²) < 4.78 is 0. The molecule has 4 aliphatic carbocycles. The van der Waals surface area contributed by atoms with Crippen molar-refractivity contribution in [3.63, 3.8) is 0 Å². The Morgan fingerprint density at radius 1 is 0.950 bits per heavy atom. The molecule has 5 fully saturated rings. The number of piperazine rings is 1. The van der Waals surface area contributed by atoms with Crippen LogP contribution in [0, 0.1) is 23.2 Å². The fourth-order valence-electron chi connectivity index (χ4n) is 5.99. The average molecular weight is 292 g/mol. The van der Waals surface area contributed by atoms with Crippen LogP contribution in [0.3, 0.4) is 0 Å². The summed E-state index contributed by atoms with van der Waals surface area (Å²) in [5.74, 6) is 3.16. The standard InChI is InChI=1S/C17H28N2S/c1-18-2-4-19(5-3-18)16(20)12-17-9-13-6-14(10-17)8-15(7-13)11-17/h13-15H,2-12H2,1H3. The minimum atomic E-state index is 0.620. The largest absolute Gasteiger partial charge is 0.364 e. The van der Waals surface area contributed by atoms with E-state index in [1.54, 1.807) is 19.3 Å². The molecule has 4 bridgehead atoms. The second-order valence-electron chi connectivity index (χ2n) is 8.28. The van der Waals surface area contributed by atoms with Gasteiger partial charge in [0.1, 0.15) is 0 Å². The van der Waals surface area contributed by atoms with Crippen molar-refractivity contribution in [3.8, 4) is 0 Å². The normalized spacial score (nSPS) is 44.0. The van der Waals surface area contributed by atoms with Crippen molar-refractivity contribution < 1.29 is 0 Å². The first-order chi connectivity index (χ1) is 9.62. The van der Waals surface area contributed by atoms with Crippen LogP contribution < -0.4 is 0 Å². The van der Waals surface area contributed by atoms with Crippen LogP contribution in [0.4, 0.5) is 0 Å². The highest BCUT2D eigenvalue weighted by atomic mass is 32.1. The molecule has 0 radical (unpaired) electrons. The minimum absolute atomic E-state index is 0.620. The average Bonchev–Trinajstić information content (AvgIpc) is 2.37. The lowest BCUT2D eigenvalue weighted by Crippen LogP contribution is -2.51. The van der Waals surface area contributed by atoms with Gasteiger partial charge in [0.05, 0.1) is 4.99 Å². The zero-order valence-electron chi connectivity index (χ0n) is 12.8. The number of likely N-dealkylation sites (N-methyl/N-ethyl adjacent to an activating group) is 1. The lowest BCUT2D eigenvalue weighted by atomic mass is 9.49. The molecule has 1 aliphatic heterocycles. The zero-order chi connectivity index (χ0) is 13.7. The molecule has 4 saturated carbocycles. The van der Waals surface area contributed by atoms with Gasteiger partial charge in [-0.25, -0.2) is 0 Å². The molecular formula is C17H28N2S.